The number of aliphatic carboxylic acids is 1. The molecule has 1 fully saturated rings. The second kappa shape index (κ2) is 6.00. The lowest BCUT2D eigenvalue weighted by molar-refractivity contribution is -0.141. The normalized spacial score (nSPS) is 27.5. The summed E-state index contributed by atoms with van der Waals surface area (Å²) in [4.78, 5) is 22.6. The molecule has 5 nitrogen and oxygen atoms in total. The van der Waals surface area contributed by atoms with Gasteiger partial charge in [-0.05, 0) is 32.1 Å². The number of hydrogen-bond acceptors (Lipinski definition) is 3. The van der Waals surface area contributed by atoms with Crippen LogP contribution in [0.3, 0.4) is 0 Å². The standard InChI is InChI=1S/C12H21NO4/c1-7(6-14)8(2)13-11(15)9-3-4-10(5-9)12(16)17/h7-10,14H,3-6H2,1-2H3,(H,13,15)(H,16,17). The molecule has 0 aromatic rings. The van der Waals surface area contributed by atoms with Crippen LogP contribution in [0.25, 0.3) is 0 Å². The van der Waals surface area contributed by atoms with E-state index in [1.165, 1.54) is 0 Å². The fourth-order valence-corrected chi connectivity index (χ4v) is 2.09. The highest BCUT2D eigenvalue weighted by Gasteiger charge is 2.34. The monoisotopic (exact) mass is 243 g/mol. The largest absolute Gasteiger partial charge is 0.481 e. The van der Waals surface area contributed by atoms with Gasteiger partial charge in [-0.1, -0.05) is 6.92 Å². The third-order valence-corrected chi connectivity index (χ3v) is 3.66. The van der Waals surface area contributed by atoms with Crippen LogP contribution in [0, 0.1) is 17.8 Å². The highest BCUT2D eigenvalue weighted by molar-refractivity contribution is 5.81. The molecule has 3 N–H and O–H groups in total. The molecule has 0 aromatic carbocycles. The number of carbonyl (C=O) groups excluding carboxylic acids is 1. The minimum atomic E-state index is -0.808. The second-order valence-electron chi connectivity index (χ2n) is 5.00. The average molecular weight is 243 g/mol. The maximum atomic E-state index is 11.9. The van der Waals surface area contributed by atoms with Crippen LogP contribution in [-0.2, 0) is 9.59 Å². The maximum Gasteiger partial charge on any atom is 0.306 e. The van der Waals surface area contributed by atoms with Gasteiger partial charge in [0.05, 0.1) is 5.92 Å². The fraction of sp³-hybridized carbons (Fsp3) is 0.833. The Kier molecular flexibility index (Phi) is 4.93. The Hall–Kier alpha value is -1.10. The molecule has 0 radical (unpaired) electrons. The van der Waals surface area contributed by atoms with Crippen LogP contribution in [-0.4, -0.2) is 34.7 Å². The third-order valence-electron chi connectivity index (χ3n) is 3.66. The number of carboxylic acid groups (broad SMARTS) is 1. The molecule has 0 spiro atoms. The second-order valence-corrected chi connectivity index (χ2v) is 5.00. The predicted octanol–water partition coefficient (Wildman–Crippen LogP) is 0.620. The van der Waals surface area contributed by atoms with Gasteiger partial charge in [0.25, 0.3) is 0 Å². The Morgan fingerprint density at radius 2 is 1.88 bits per heavy atom. The minimum absolute atomic E-state index is 0.00984. The summed E-state index contributed by atoms with van der Waals surface area (Å²) in [7, 11) is 0. The van der Waals surface area contributed by atoms with Gasteiger partial charge in [-0.2, -0.15) is 0 Å². The fourth-order valence-electron chi connectivity index (χ4n) is 2.09. The number of amides is 1. The highest BCUT2D eigenvalue weighted by Crippen LogP contribution is 2.31. The lowest BCUT2D eigenvalue weighted by Crippen LogP contribution is -2.41. The van der Waals surface area contributed by atoms with Crippen LogP contribution in [0.4, 0.5) is 0 Å². The first-order valence-electron chi connectivity index (χ1n) is 6.09. The van der Waals surface area contributed by atoms with Crippen molar-refractivity contribution >= 4 is 11.9 Å². The van der Waals surface area contributed by atoms with Crippen LogP contribution >= 0.6 is 0 Å². The van der Waals surface area contributed by atoms with Crippen molar-refractivity contribution in [3.05, 3.63) is 0 Å². The van der Waals surface area contributed by atoms with Gasteiger partial charge in [-0.25, -0.2) is 0 Å². The molecule has 1 saturated carbocycles. The molecule has 0 aromatic heterocycles. The molecule has 4 unspecified atom stereocenters. The number of carbonyl (C=O) groups is 2. The summed E-state index contributed by atoms with van der Waals surface area (Å²) in [6, 6.07) is -0.0867. The lowest BCUT2D eigenvalue weighted by Gasteiger charge is -2.21. The van der Waals surface area contributed by atoms with Gasteiger partial charge in [0.2, 0.25) is 5.91 Å². The number of aliphatic hydroxyl groups excluding tert-OH is 1. The summed E-state index contributed by atoms with van der Waals surface area (Å²) in [5.41, 5.74) is 0. The van der Waals surface area contributed by atoms with Crippen LogP contribution in [0.2, 0.25) is 0 Å². The molecular formula is C12H21NO4. The first-order valence-corrected chi connectivity index (χ1v) is 6.09. The van der Waals surface area contributed by atoms with Crippen molar-refractivity contribution in [1.82, 2.24) is 5.32 Å². The quantitative estimate of drug-likeness (QED) is 0.660. The van der Waals surface area contributed by atoms with Crippen molar-refractivity contribution in [1.29, 1.82) is 0 Å². The summed E-state index contributed by atoms with van der Waals surface area (Å²) in [5.74, 6) is -1.45. The molecule has 0 bridgehead atoms. The number of hydrogen-bond donors (Lipinski definition) is 3. The van der Waals surface area contributed by atoms with E-state index < -0.39 is 5.97 Å². The van der Waals surface area contributed by atoms with E-state index in [9.17, 15) is 9.59 Å². The molecule has 1 aliphatic rings. The van der Waals surface area contributed by atoms with Gasteiger partial charge in [-0.3, -0.25) is 9.59 Å². The van der Waals surface area contributed by atoms with Crippen LogP contribution in [0.5, 0.6) is 0 Å². The van der Waals surface area contributed by atoms with Crippen LogP contribution < -0.4 is 5.32 Å². The predicted molar refractivity (Wildman–Crippen MR) is 62.3 cm³/mol. The molecule has 0 aliphatic heterocycles. The van der Waals surface area contributed by atoms with Gasteiger partial charge < -0.3 is 15.5 Å². The van der Waals surface area contributed by atoms with Crippen molar-refractivity contribution in [2.75, 3.05) is 6.61 Å². The molecule has 4 atom stereocenters. The Morgan fingerprint density at radius 3 is 2.35 bits per heavy atom. The molecule has 1 amide bonds. The summed E-state index contributed by atoms with van der Waals surface area (Å²) < 4.78 is 0. The minimum Gasteiger partial charge on any atom is -0.481 e. The topological polar surface area (TPSA) is 86.6 Å². The summed E-state index contributed by atoms with van der Waals surface area (Å²) in [5, 5.41) is 20.7. The third kappa shape index (κ3) is 3.70. The number of rotatable bonds is 5. The lowest BCUT2D eigenvalue weighted by atomic mass is 10.0. The zero-order valence-corrected chi connectivity index (χ0v) is 10.3. The van der Waals surface area contributed by atoms with E-state index in [0.29, 0.717) is 19.3 Å². The highest BCUT2D eigenvalue weighted by atomic mass is 16.4. The van der Waals surface area contributed by atoms with E-state index >= 15 is 0 Å². The van der Waals surface area contributed by atoms with Crippen molar-refractivity contribution in [2.45, 2.75) is 39.2 Å². The first kappa shape index (κ1) is 14.0. The van der Waals surface area contributed by atoms with Crippen molar-refractivity contribution in [3.63, 3.8) is 0 Å². The Morgan fingerprint density at radius 1 is 1.29 bits per heavy atom. The SMILES string of the molecule is CC(CO)C(C)NC(=O)C1CCC(C(=O)O)C1. The van der Waals surface area contributed by atoms with Crippen LogP contribution in [0.15, 0.2) is 0 Å². The number of aliphatic hydroxyl groups is 1. The van der Waals surface area contributed by atoms with Crippen molar-refractivity contribution in [2.24, 2.45) is 17.8 Å². The van der Waals surface area contributed by atoms with Crippen LogP contribution in [0.1, 0.15) is 33.1 Å². The molecule has 5 heteroatoms. The van der Waals surface area contributed by atoms with Crippen molar-refractivity contribution < 1.29 is 19.8 Å². The van der Waals surface area contributed by atoms with E-state index in [-0.39, 0.29) is 36.3 Å². The molecule has 17 heavy (non-hydrogen) atoms. The maximum absolute atomic E-state index is 11.9. The zero-order chi connectivity index (χ0) is 13.0. The van der Waals surface area contributed by atoms with Gasteiger partial charge in [0.1, 0.15) is 0 Å². The zero-order valence-electron chi connectivity index (χ0n) is 10.3. The van der Waals surface area contributed by atoms with Gasteiger partial charge in [0, 0.05) is 18.6 Å². The van der Waals surface area contributed by atoms with E-state index in [2.05, 4.69) is 5.32 Å². The number of nitrogens with one attached hydrogen (secondary N) is 1. The molecular weight excluding hydrogens is 222 g/mol. The Balaban J connectivity index is 2.42. The molecule has 0 saturated heterocycles. The van der Waals surface area contributed by atoms with Crippen molar-refractivity contribution in [3.8, 4) is 0 Å². The Labute approximate surface area is 101 Å². The number of carboxylic acids is 1. The van der Waals surface area contributed by atoms with E-state index in [1.54, 1.807) is 0 Å². The van der Waals surface area contributed by atoms with E-state index in [0.717, 1.165) is 0 Å². The first-order chi connectivity index (χ1) is 7.95. The molecule has 1 rings (SSSR count). The summed E-state index contributed by atoms with van der Waals surface area (Å²) in [6.07, 6.45) is 1.65. The average Bonchev–Trinajstić information content (AvgIpc) is 2.77. The Bertz CT molecular complexity index is 292. The summed E-state index contributed by atoms with van der Waals surface area (Å²) >= 11 is 0. The van der Waals surface area contributed by atoms with E-state index in [4.69, 9.17) is 10.2 Å². The molecule has 0 heterocycles. The molecule has 1 aliphatic carbocycles. The smallest absolute Gasteiger partial charge is 0.306 e. The molecule has 98 valence electrons. The summed E-state index contributed by atoms with van der Waals surface area (Å²) in [6.45, 7) is 3.74. The van der Waals surface area contributed by atoms with Gasteiger partial charge >= 0.3 is 5.97 Å². The van der Waals surface area contributed by atoms with Gasteiger partial charge in [0.15, 0.2) is 0 Å². The van der Waals surface area contributed by atoms with E-state index in [1.807, 2.05) is 13.8 Å². The van der Waals surface area contributed by atoms with Gasteiger partial charge in [-0.15, -0.1) is 0 Å².